The van der Waals surface area contributed by atoms with Crippen molar-refractivity contribution in [3.05, 3.63) is 53.3 Å². The SMILES string of the molecule is N#CNC(=NCc1ccc(O)cc1)Nc1ccnc(Cl)c1. The van der Waals surface area contributed by atoms with Gasteiger partial charge in [0.15, 0.2) is 6.19 Å². The highest BCUT2D eigenvalue weighted by Gasteiger charge is 2.01. The van der Waals surface area contributed by atoms with Gasteiger partial charge in [-0.2, -0.15) is 5.26 Å². The molecule has 3 N–H and O–H groups in total. The summed E-state index contributed by atoms with van der Waals surface area (Å²) in [5.41, 5.74) is 1.57. The van der Waals surface area contributed by atoms with E-state index >= 15 is 0 Å². The number of nitriles is 1. The van der Waals surface area contributed by atoms with Crippen molar-refractivity contribution in [3.8, 4) is 11.9 Å². The molecule has 6 nitrogen and oxygen atoms in total. The normalized spacial score (nSPS) is 10.8. The fraction of sp³-hybridized carbons (Fsp3) is 0.0714. The third-order valence-corrected chi connectivity index (χ3v) is 2.73. The fourth-order valence-corrected chi connectivity index (χ4v) is 1.73. The first kappa shape index (κ1) is 14.6. The van der Waals surface area contributed by atoms with Crippen LogP contribution in [0.2, 0.25) is 5.15 Å². The number of guanidine groups is 1. The van der Waals surface area contributed by atoms with Crippen molar-refractivity contribution < 1.29 is 5.11 Å². The summed E-state index contributed by atoms with van der Waals surface area (Å²) >= 11 is 5.79. The smallest absolute Gasteiger partial charge is 0.209 e. The summed E-state index contributed by atoms with van der Waals surface area (Å²) < 4.78 is 0. The number of phenols is 1. The van der Waals surface area contributed by atoms with Crippen LogP contribution >= 0.6 is 11.6 Å². The molecule has 1 aromatic heterocycles. The molecule has 0 fully saturated rings. The first-order valence-electron chi connectivity index (χ1n) is 6.03. The topological polar surface area (TPSA) is 93.3 Å². The maximum absolute atomic E-state index is 9.22. The van der Waals surface area contributed by atoms with E-state index in [0.29, 0.717) is 23.3 Å². The number of nitrogens with one attached hydrogen (secondary N) is 2. The van der Waals surface area contributed by atoms with Crippen LogP contribution in [0.1, 0.15) is 5.56 Å². The molecule has 0 atom stereocenters. The van der Waals surface area contributed by atoms with Crippen LogP contribution in [0.4, 0.5) is 5.69 Å². The summed E-state index contributed by atoms with van der Waals surface area (Å²) in [6.07, 6.45) is 3.37. The standard InChI is InChI=1S/C14H12ClN5O/c15-13-7-11(5-6-17-13)20-14(19-9-16)18-8-10-1-3-12(21)4-2-10/h1-7,21H,8H2,(H2,17,18,19,20). The van der Waals surface area contributed by atoms with Gasteiger partial charge in [0.1, 0.15) is 10.9 Å². The van der Waals surface area contributed by atoms with Crippen molar-refractivity contribution >= 4 is 23.2 Å². The number of pyridine rings is 1. The van der Waals surface area contributed by atoms with Crippen LogP contribution in [0.25, 0.3) is 0 Å². The zero-order valence-corrected chi connectivity index (χ0v) is 11.7. The second-order valence-electron chi connectivity index (χ2n) is 4.06. The van der Waals surface area contributed by atoms with Gasteiger partial charge in [-0.1, -0.05) is 23.7 Å². The molecular formula is C14H12ClN5O. The van der Waals surface area contributed by atoms with Crippen molar-refractivity contribution in [3.63, 3.8) is 0 Å². The molecule has 0 saturated carbocycles. The van der Waals surface area contributed by atoms with Crippen LogP contribution in [-0.4, -0.2) is 16.1 Å². The van der Waals surface area contributed by atoms with Gasteiger partial charge >= 0.3 is 0 Å². The first-order valence-corrected chi connectivity index (χ1v) is 6.41. The summed E-state index contributed by atoms with van der Waals surface area (Å²) in [6.45, 7) is 0.357. The van der Waals surface area contributed by atoms with Gasteiger partial charge in [0.2, 0.25) is 5.96 Å². The number of aliphatic imine (C=N–C) groups is 1. The second-order valence-corrected chi connectivity index (χ2v) is 4.45. The molecular weight excluding hydrogens is 290 g/mol. The lowest BCUT2D eigenvalue weighted by molar-refractivity contribution is 0.475. The molecule has 0 unspecified atom stereocenters. The molecule has 0 radical (unpaired) electrons. The molecule has 0 aliphatic heterocycles. The van der Waals surface area contributed by atoms with Crippen molar-refractivity contribution in [1.29, 1.82) is 5.26 Å². The van der Waals surface area contributed by atoms with Gasteiger partial charge < -0.3 is 10.4 Å². The molecule has 0 aliphatic rings. The van der Waals surface area contributed by atoms with Crippen molar-refractivity contribution in [2.24, 2.45) is 4.99 Å². The molecule has 2 aromatic rings. The number of anilines is 1. The zero-order valence-electron chi connectivity index (χ0n) is 10.9. The average Bonchev–Trinajstić information content (AvgIpc) is 2.47. The van der Waals surface area contributed by atoms with E-state index in [1.807, 2.05) is 6.19 Å². The lowest BCUT2D eigenvalue weighted by atomic mass is 10.2. The van der Waals surface area contributed by atoms with Crippen LogP contribution < -0.4 is 10.6 Å². The van der Waals surface area contributed by atoms with E-state index in [-0.39, 0.29) is 5.75 Å². The predicted octanol–water partition coefficient (Wildman–Crippen LogP) is 2.48. The van der Waals surface area contributed by atoms with E-state index in [0.717, 1.165) is 5.56 Å². The summed E-state index contributed by atoms with van der Waals surface area (Å²) in [6, 6.07) is 10.0. The van der Waals surface area contributed by atoms with Gasteiger partial charge in [-0.05, 0) is 29.8 Å². The van der Waals surface area contributed by atoms with Gasteiger partial charge in [0.05, 0.1) is 6.54 Å². The number of hydrogen-bond donors (Lipinski definition) is 3. The highest BCUT2D eigenvalue weighted by atomic mass is 35.5. The maximum Gasteiger partial charge on any atom is 0.209 e. The molecule has 0 spiro atoms. The van der Waals surface area contributed by atoms with E-state index in [4.69, 9.17) is 16.9 Å². The van der Waals surface area contributed by atoms with E-state index < -0.39 is 0 Å². The summed E-state index contributed by atoms with van der Waals surface area (Å²) in [5.74, 6) is 0.496. The molecule has 7 heteroatoms. The highest BCUT2D eigenvalue weighted by Crippen LogP contribution is 2.12. The second kappa shape index (κ2) is 7.12. The monoisotopic (exact) mass is 301 g/mol. The lowest BCUT2D eigenvalue weighted by Crippen LogP contribution is -2.26. The minimum Gasteiger partial charge on any atom is -0.508 e. The quantitative estimate of drug-likeness (QED) is 0.266. The molecule has 1 aromatic carbocycles. The lowest BCUT2D eigenvalue weighted by Gasteiger charge is -2.08. The fourth-order valence-electron chi connectivity index (χ4n) is 1.55. The Labute approximate surface area is 126 Å². The van der Waals surface area contributed by atoms with Crippen molar-refractivity contribution in [2.75, 3.05) is 5.32 Å². The Morgan fingerprint density at radius 3 is 2.76 bits per heavy atom. The van der Waals surface area contributed by atoms with Crippen LogP contribution in [0, 0.1) is 11.5 Å². The van der Waals surface area contributed by atoms with Crippen molar-refractivity contribution in [2.45, 2.75) is 6.54 Å². The molecule has 0 bridgehead atoms. The van der Waals surface area contributed by atoms with E-state index in [1.54, 1.807) is 42.6 Å². The van der Waals surface area contributed by atoms with E-state index in [9.17, 15) is 5.11 Å². The van der Waals surface area contributed by atoms with Gasteiger partial charge in [-0.15, -0.1) is 0 Å². The molecule has 21 heavy (non-hydrogen) atoms. The number of phenolic OH excluding ortho intramolecular Hbond substituents is 1. The minimum atomic E-state index is 0.197. The van der Waals surface area contributed by atoms with Gasteiger partial charge in [0, 0.05) is 11.9 Å². The number of nitrogens with zero attached hydrogens (tertiary/aromatic N) is 3. The van der Waals surface area contributed by atoms with E-state index in [1.165, 1.54) is 0 Å². The number of hydrogen-bond acceptors (Lipinski definition) is 4. The van der Waals surface area contributed by atoms with Gasteiger partial charge in [-0.25, -0.2) is 9.98 Å². The molecule has 0 saturated heterocycles. The summed E-state index contributed by atoms with van der Waals surface area (Å²) in [4.78, 5) is 8.14. The Kier molecular flexibility index (Phi) is 4.96. The third-order valence-electron chi connectivity index (χ3n) is 2.52. The number of benzene rings is 1. The Morgan fingerprint density at radius 1 is 1.33 bits per heavy atom. The molecule has 0 aliphatic carbocycles. The van der Waals surface area contributed by atoms with Gasteiger partial charge in [0.25, 0.3) is 0 Å². The predicted molar refractivity (Wildman–Crippen MR) is 80.9 cm³/mol. The van der Waals surface area contributed by atoms with E-state index in [2.05, 4.69) is 20.6 Å². The third kappa shape index (κ3) is 4.67. The van der Waals surface area contributed by atoms with Crippen LogP contribution in [-0.2, 0) is 6.54 Å². The number of halogens is 1. The average molecular weight is 302 g/mol. The first-order chi connectivity index (χ1) is 10.2. The summed E-state index contributed by atoms with van der Waals surface area (Å²) in [5, 5.41) is 23.7. The minimum absolute atomic E-state index is 0.197. The van der Waals surface area contributed by atoms with Crippen molar-refractivity contribution in [1.82, 2.24) is 10.3 Å². The number of aromatic nitrogens is 1. The van der Waals surface area contributed by atoms with Crippen LogP contribution in [0.15, 0.2) is 47.6 Å². The van der Waals surface area contributed by atoms with Gasteiger partial charge in [-0.3, -0.25) is 5.32 Å². The highest BCUT2D eigenvalue weighted by molar-refractivity contribution is 6.29. The maximum atomic E-state index is 9.22. The van der Waals surface area contributed by atoms with Crippen LogP contribution in [0.3, 0.4) is 0 Å². The molecule has 1 heterocycles. The summed E-state index contributed by atoms with van der Waals surface area (Å²) in [7, 11) is 0. The number of rotatable bonds is 3. The Hall–Kier alpha value is -2.78. The molecule has 0 amide bonds. The Balaban J connectivity index is 2.09. The molecule has 2 rings (SSSR count). The molecule has 106 valence electrons. The Morgan fingerprint density at radius 2 is 2.10 bits per heavy atom. The number of aromatic hydroxyl groups is 1. The Bertz CT molecular complexity index is 679. The largest absolute Gasteiger partial charge is 0.508 e. The zero-order chi connectivity index (χ0) is 15.1. The van der Waals surface area contributed by atoms with Crippen LogP contribution in [0.5, 0.6) is 5.75 Å².